The van der Waals surface area contributed by atoms with E-state index in [1.165, 1.54) is 5.56 Å². The number of amides is 1. The third-order valence-corrected chi connectivity index (χ3v) is 8.68. The highest BCUT2D eigenvalue weighted by atomic mass is 32.2. The highest BCUT2D eigenvalue weighted by Crippen LogP contribution is 2.27. The number of benzene rings is 2. The van der Waals surface area contributed by atoms with Gasteiger partial charge < -0.3 is 4.90 Å². The van der Waals surface area contributed by atoms with Gasteiger partial charge in [-0.25, -0.2) is 8.42 Å². The Balaban J connectivity index is 1.44. The molecule has 2 fully saturated rings. The molecular formula is C25H32N2O3S. The minimum atomic E-state index is -3.56. The Kier molecular flexibility index (Phi) is 6.77. The average molecular weight is 441 g/mol. The molecule has 0 unspecified atom stereocenters. The predicted molar refractivity (Wildman–Crippen MR) is 123 cm³/mol. The number of hydrogen-bond donors (Lipinski definition) is 0. The summed E-state index contributed by atoms with van der Waals surface area (Å²) in [5.41, 5.74) is 2.52. The zero-order valence-corrected chi connectivity index (χ0v) is 19.1. The van der Waals surface area contributed by atoms with Gasteiger partial charge in [-0.15, -0.1) is 0 Å². The molecule has 2 aromatic rings. The maximum Gasteiger partial charge on any atom is 0.253 e. The Morgan fingerprint density at radius 2 is 1.61 bits per heavy atom. The fourth-order valence-electron chi connectivity index (χ4n) is 4.73. The summed E-state index contributed by atoms with van der Waals surface area (Å²) in [4.78, 5) is 15.3. The highest BCUT2D eigenvalue weighted by molar-refractivity contribution is 7.89. The van der Waals surface area contributed by atoms with Crippen LogP contribution in [0, 0.1) is 12.8 Å². The molecule has 2 heterocycles. The Hall–Kier alpha value is -2.18. The van der Waals surface area contributed by atoms with E-state index >= 15 is 0 Å². The van der Waals surface area contributed by atoms with Gasteiger partial charge in [-0.3, -0.25) is 4.79 Å². The van der Waals surface area contributed by atoms with Gasteiger partial charge in [0.05, 0.1) is 4.90 Å². The van der Waals surface area contributed by atoms with E-state index < -0.39 is 10.0 Å². The van der Waals surface area contributed by atoms with Crippen molar-refractivity contribution in [1.82, 2.24) is 9.21 Å². The van der Waals surface area contributed by atoms with Crippen molar-refractivity contribution in [3.63, 3.8) is 0 Å². The molecule has 5 nitrogen and oxygen atoms in total. The minimum absolute atomic E-state index is 0.0618. The number of carbonyl (C=O) groups excluding carboxylic acids is 1. The maximum atomic E-state index is 13.2. The predicted octanol–water partition coefficient (Wildman–Crippen LogP) is 4.26. The Labute approximate surface area is 186 Å². The second-order valence-electron chi connectivity index (χ2n) is 8.87. The summed E-state index contributed by atoms with van der Waals surface area (Å²) >= 11 is 0. The summed E-state index contributed by atoms with van der Waals surface area (Å²) in [7, 11) is -3.56. The van der Waals surface area contributed by atoms with Crippen molar-refractivity contribution in [2.24, 2.45) is 5.92 Å². The van der Waals surface area contributed by atoms with Crippen LogP contribution >= 0.6 is 0 Å². The van der Waals surface area contributed by atoms with Crippen LogP contribution in [-0.4, -0.2) is 49.7 Å². The molecule has 1 amide bonds. The number of carbonyl (C=O) groups is 1. The summed E-state index contributed by atoms with van der Waals surface area (Å²) in [5, 5.41) is 0. The molecule has 0 atom stereocenters. The van der Waals surface area contributed by atoms with Gasteiger partial charge in [0, 0.05) is 31.7 Å². The van der Waals surface area contributed by atoms with Gasteiger partial charge in [-0.2, -0.15) is 4.31 Å². The van der Waals surface area contributed by atoms with Crippen LogP contribution in [0.3, 0.4) is 0 Å². The smallest absolute Gasteiger partial charge is 0.253 e. The zero-order valence-electron chi connectivity index (χ0n) is 18.3. The largest absolute Gasteiger partial charge is 0.339 e. The molecule has 0 aliphatic carbocycles. The van der Waals surface area contributed by atoms with Crippen molar-refractivity contribution in [2.45, 2.75) is 50.3 Å². The third-order valence-electron chi connectivity index (χ3n) is 6.64. The SMILES string of the molecule is Cc1ccc(C(=O)N2CCC(Cc3ccccc3)CC2)cc1S(=O)(=O)N1CCCCC1. The van der Waals surface area contributed by atoms with E-state index in [2.05, 4.69) is 24.3 Å². The Bertz CT molecular complexity index is 1010. The van der Waals surface area contributed by atoms with E-state index in [9.17, 15) is 13.2 Å². The van der Waals surface area contributed by atoms with Gasteiger partial charge in [-0.05, 0) is 68.2 Å². The normalized spacial score (nSPS) is 18.8. The second kappa shape index (κ2) is 9.53. The molecule has 0 spiro atoms. The standard InChI is InChI=1S/C25H32N2O3S/c1-20-10-11-23(19-24(20)31(29,30)27-14-6-3-7-15-27)25(28)26-16-12-22(13-17-26)18-21-8-4-2-5-9-21/h2,4-5,8-11,19,22H,3,6-7,12-18H2,1H3. The molecule has 2 aliphatic rings. The lowest BCUT2D eigenvalue weighted by Crippen LogP contribution is -2.39. The molecule has 31 heavy (non-hydrogen) atoms. The first kappa shape index (κ1) is 22.0. The van der Waals surface area contributed by atoms with Gasteiger partial charge in [0.1, 0.15) is 0 Å². The van der Waals surface area contributed by atoms with E-state index in [1.54, 1.807) is 29.4 Å². The average Bonchev–Trinajstić information content (AvgIpc) is 2.80. The van der Waals surface area contributed by atoms with Gasteiger partial charge in [0.2, 0.25) is 10.0 Å². The molecule has 2 aliphatic heterocycles. The first-order valence-electron chi connectivity index (χ1n) is 11.4. The number of hydrogen-bond acceptors (Lipinski definition) is 3. The molecule has 6 heteroatoms. The summed E-state index contributed by atoms with van der Waals surface area (Å²) in [6.45, 7) is 4.38. The van der Waals surface area contributed by atoms with E-state index in [-0.39, 0.29) is 10.8 Å². The van der Waals surface area contributed by atoms with E-state index in [0.717, 1.165) is 51.6 Å². The number of sulfonamides is 1. The van der Waals surface area contributed by atoms with Gasteiger partial charge >= 0.3 is 0 Å². The van der Waals surface area contributed by atoms with Crippen molar-refractivity contribution in [3.05, 3.63) is 65.2 Å². The van der Waals surface area contributed by atoms with Crippen LogP contribution in [0.2, 0.25) is 0 Å². The van der Waals surface area contributed by atoms with Crippen molar-refractivity contribution in [3.8, 4) is 0 Å². The molecule has 4 rings (SSSR count). The topological polar surface area (TPSA) is 57.7 Å². The van der Waals surface area contributed by atoms with Crippen LogP contribution in [0.5, 0.6) is 0 Å². The van der Waals surface area contributed by atoms with E-state index in [4.69, 9.17) is 0 Å². The van der Waals surface area contributed by atoms with Crippen molar-refractivity contribution in [1.29, 1.82) is 0 Å². The molecule has 166 valence electrons. The van der Waals surface area contributed by atoms with Crippen LogP contribution < -0.4 is 0 Å². The first-order valence-corrected chi connectivity index (χ1v) is 12.8. The molecule has 2 saturated heterocycles. The Morgan fingerprint density at radius 3 is 2.29 bits per heavy atom. The fourth-order valence-corrected chi connectivity index (χ4v) is 6.49. The fraction of sp³-hybridized carbons (Fsp3) is 0.480. The van der Waals surface area contributed by atoms with E-state index in [1.807, 2.05) is 11.0 Å². The summed E-state index contributed by atoms with van der Waals surface area (Å²) in [6.07, 6.45) is 5.87. The summed E-state index contributed by atoms with van der Waals surface area (Å²) in [6, 6.07) is 15.6. The van der Waals surface area contributed by atoms with Gasteiger partial charge in [0.15, 0.2) is 0 Å². The molecule has 0 saturated carbocycles. The van der Waals surface area contributed by atoms with Crippen LogP contribution in [0.4, 0.5) is 0 Å². The molecule has 2 aromatic carbocycles. The van der Waals surface area contributed by atoms with E-state index in [0.29, 0.717) is 30.1 Å². The molecular weight excluding hydrogens is 408 g/mol. The number of aryl methyl sites for hydroxylation is 1. The van der Waals surface area contributed by atoms with Gasteiger partial charge in [0.25, 0.3) is 5.91 Å². The highest BCUT2D eigenvalue weighted by Gasteiger charge is 2.29. The van der Waals surface area contributed by atoms with Crippen molar-refractivity contribution < 1.29 is 13.2 Å². The van der Waals surface area contributed by atoms with Crippen LogP contribution in [0.15, 0.2) is 53.4 Å². The second-order valence-corrected chi connectivity index (χ2v) is 10.8. The summed E-state index contributed by atoms with van der Waals surface area (Å²) < 4.78 is 27.9. The van der Waals surface area contributed by atoms with Gasteiger partial charge in [-0.1, -0.05) is 42.8 Å². The van der Waals surface area contributed by atoms with Crippen LogP contribution in [0.25, 0.3) is 0 Å². The lowest BCUT2D eigenvalue weighted by Gasteiger charge is -2.32. The number of piperidine rings is 2. The molecule has 0 radical (unpaired) electrons. The number of rotatable bonds is 5. The quantitative estimate of drug-likeness (QED) is 0.698. The first-order chi connectivity index (χ1) is 14.9. The Morgan fingerprint density at radius 1 is 0.935 bits per heavy atom. The van der Waals surface area contributed by atoms with Crippen molar-refractivity contribution in [2.75, 3.05) is 26.2 Å². The number of likely N-dealkylation sites (tertiary alicyclic amines) is 1. The lowest BCUT2D eigenvalue weighted by molar-refractivity contribution is 0.0690. The lowest BCUT2D eigenvalue weighted by atomic mass is 9.90. The minimum Gasteiger partial charge on any atom is -0.339 e. The molecule has 0 aromatic heterocycles. The molecule has 0 N–H and O–H groups in total. The summed E-state index contributed by atoms with van der Waals surface area (Å²) in [5.74, 6) is 0.521. The zero-order chi connectivity index (χ0) is 21.8. The monoisotopic (exact) mass is 440 g/mol. The third kappa shape index (κ3) is 5.01. The number of nitrogens with zero attached hydrogens (tertiary/aromatic N) is 2. The maximum absolute atomic E-state index is 13.2. The van der Waals surface area contributed by atoms with Crippen molar-refractivity contribution >= 4 is 15.9 Å². The molecule has 0 bridgehead atoms. The van der Waals surface area contributed by atoms with Crippen LogP contribution in [-0.2, 0) is 16.4 Å². The van der Waals surface area contributed by atoms with Crippen LogP contribution in [0.1, 0.15) is 53.6 Å².